The Balaban J connectivity index is 1.34. The van der Waals surface area contributed by atoms with E-state index in [1.807, 2.05) is 0 Å². The topological polar surface area (TPSA) is 114 Å². The molecule has 32 heavy (non-hydrogen) atoms. The lowest BCUT2D eigenvalue weighted by molar-refractivity contribution is 0.0779. The van der Waals surface area contributed by atoms with Crippen molar-refractivity contribution >= 4 is 23.1 Å². The number of fused-ring (bicyclic) bond motifs is 2. The number of nitrogens with zero attached hydrogens (tertiary/aromatic N) is 3. The first kappa shape index (κ1) is 21.1. The number of carbonyl (C=O) groups is 1. The van der Waals surface area contributed by atoms with Gasteiger partial charge in [0.15, 0.2) is 5.82 Å². The number of rotatable bonds is 4. The molecule has 2 bridgehead atoms. The number of nitrogens with one attached hydrogen (secondary N) is 1. The number of hydrogen-bond acceptors (Lipinski definition) is 7. The third-order valence-corrected chi connectivity index (χ3v) is 6.44. The molecule has 1 aromatic carbocycles. The number of aliphatic hydroxyl groups is 1. The summed E-state index contributed by atoms with van der Waals surface area (Å²) in [6, 6.07) is 4.03. The minimum Gasteiger partial charge on any atom is -0.489 e. The van der Waals surface area contributed by atoms with Crippen LogP contribution in [0.15, 0.2) is 36.3 Å². The van der Waals surface area contributed by atoms with Crippen LogP contribution < -0.4 is 15.8 Å². The molecule has 0 spiro atoms. The highest BCUT2D eigenvalue weighted by Crippen LogP contribution is 2.33. The molecule has 0 aliphatic carbocycles. The highest BCUT2D eigenvalue weighted by Gasteiger charge is 2.41. The summed E-state index contributed by atoms with van der Waals surface area (Å²) in [7, 11) is 0. The van der Waals surface area contributed by atoms with Crippen molar-refractivity contribution in [2.75, 3.05) is 13.1 Å². The van der Waals surface area contributed by atoms with Gasteiger partial charge in [-0.1, -0.05) is 11.6 Å². The highest BCUT2D eigenvalue weighted by atomic mass is 35.5. The van der Waals surface area contributed by atoms with Crippen LogP contribution >= 0.6 is 11.6 Å². The number of benzene rings is 1. The quantitative estimate of drug-likeness (QED) is 0.638. The first-order valence-corrected chi connectivity index (χ1v) is 10.9. The zero-order chi connectivity index (χ0) is 22.4. The Hall–Kier alpha value is -2.75. The average molecular weight is 460 g/mol. The summed E-state index contributed by atoms with van der Waals surface area (Å²) in [6.45, 7) is 0.438. The van der Waals surface area contributed by atoms with E-state index in [0.29, 0.717) is 41.4 Å². The Kier molecular flexibility index (Phi) is 5.48. The van der Waals surface area contributed by atoms with Crippen LogP contribution in [-0.2, 0) is 0 Å². The number of aliphatic hydroxyl groups excluding tert-OH is 1. The van der Waals surface area contributed by atoms with E-state index in [1.165, 1.54) is 30.6 Å². The molecule has 2 aromatic rings. The molecule has 2 saturated heterocycles. The van der Waals surface area contributed by atoms with E-state index in [4.69, 9.17) is 22.1 Å². The van der Waals surface area contributed by atoms with Crippen molar-refractivity contribution in [3.8, 4) is 5.75 Å². The van der Waals surface area contributed by atoms with Crippen LogP contribution in [0.25, 0.3) is 5.57 Å². The van der Waals surface area contributed by atoms with E-state index < -0.39 is 11.9 Å². The van der Waals surface area contributed by atoms with Gasteiger partial charge in [0.1, 0.15) is 17.7 Å². The van der Waals surface area contributed by atoms with Crippen molar-refractivity contribution in [1.82, 2.24) is 20.2 Å². The number of halogens is 2. The van der Waals surface area contributed by atoms with Gasteiger partial charge in [-0.25, -0.2) is 14.4 Å². The van der Waals surface area contributed by atoms with Crippen molar-refractivity contribution in [3.63, 3.8) is 0 Å². The monoisotopic (exact) mass is 459 g/mol. The largest absolute Gasteiger partial charge is 0.489 e. The number of amides is 1. The molecule has 3 aliphatic heterocycles. The molecular weight excluding hydrogens is 437 g/mol. The summed E-state index contributed by atoms with van der Waals surface area (Å²) >= 11 is 5.85. The van der Waals surface area contributed by atoms with Gasteiger partial charge in [-0.15, -0.1) is 0 Å². The molecule has 4 heterocycles. The van der Waals surface area contributed by atoms with Gasteiger partial charge in [0, 0.05) is 48.2 Å². The molecule has 5 rings (SSSR count). The molecule has 1 aromatic heterocycles. The predicted molar refractivity (Wildman–Crippen MR) is 115 cm³/mol. The highest BCUT2D eigenvalue weighted by molar-refractivity contribution is 6.30. The van der Waals surface area contributed by atoms with Gasteiger partial charge in [-0.2, -0.15) is 0 Å². The van der Waals surface area contributed by atoms with Crippen LogP contribution in [0.4, 0.5) is 4.39 Å². The second-order valence-electron chi connectivity index (χ2n) is 8.51. The molecule has 3 aliphatic rings. The Morgan fingerprint density at radius 2 is 2.03 bits per heavy atom. The predicted octanol–water partition coefficient (Wildman–Crippen LogP) is 1.73. The molecular formula is C22H23ClFN5O3. The summed E-state index contributed by atoms with van der Waals surface area (Å²) in [5.74, 6) is -0.182. The third-order valence-electron chi connectivity index (χ3n) is 6.25. The van der Waals surface area contributed by atoms with Gasteiger partial charge in [0.25, 0.3) is 5.91 Å². The number of piperidine rings is 1. The lowest BCUT2D eigenvalue weighted by Gasteiger charge is -2.30. The second-order valence-corrected chi connectivity index (χ2v) is 8.95. The maximum atomic E-state index is 14.0. The fraction of sp³-hybridized carbons (Fsp3) is 0.409. The molecule has 1 amide bonds. The number of nitrogens with two attached hydrogens (primary N) is 1. The first-order valence-electron chi connectivity index (χ1n) is 10.5. The zero-order valence-electron chi connectivity index (χ0n) is 17.2. The van der Waals surface area contributed by atoms with E-state index in [-0.39, 0.29) is 48.5 Å². The number of hydrogen-bond donors (Lipinski definition) is 3. The summed E-state index contributed by atoms with van der Waals surface area (Å²) in [6.07, 6.45) is 4.29. The van der Waals surface area contributed by atoms with Crippen molar-refractivity contribution in [1.29, 1.82) is 0 Å². The number of aromatic nitrogens is 2. The standard InChI is InChI=1S/C22H23ClFN5O3/c23-11-7-26-21(27-8-11)16-9-29(10-17(16)25)22(31)15-2-1-12(24)3-20(15)32-14-4-13-5-19(30)18(6-14)28-13/h1-3,7-8,13-14,18-19,28,30H,4-6,9-10,25H2. The lowest BCUT2D eigenvalue weighted by Crippen LogP contribution is -2.44. The molecule has 0 saturated carbocycles. The molecule has 168 valence electrons. The van der Waals surface area contributed by atoms with E-state index >= 15 is 0 Å². The Morgan fingerprint density at radius 3 is 2.78 bits per heavy atom. The normalized spacial score (nSPS) is 27.2. The van der Waals surface area contributed by atoms with Crippen LogP contribution in [0.1, 0.15) is 35.4 Å². The van der Waals surface area contributed by atoms with Crippen molar-refractivity contribution in [2.45, 2.75) is 43.6 Å². The lowest BCUT2D eigenvalue weighted by atomic mass is 10.0. The van der Waals surface area contributed by atoms with E-state index in [9.17, 15) is 14.3 Å². The van der Waals surface area contributed by atoms with Gasteiger partial charge in [-0.05, 0) is 25.0 Å². The maximum absolute atomic E-state index is 14.0. The first-order chi connectivity index (χ1) is 15.4. The van der Waals surface area contributed by atoms with Gasteiger partial charge in [0.05, 0.1) is 29.8 Å². The SMILES string of the molecule is NC1=C(c2ncc(Cl)cn2)CN(C(=O)c2ccc(F)cc2OC2CC3CC(O)C(C2)N3)C1. The Bertz CT molecular complexity index is 1080. The smallest absolute Gasteiger partial charge is 0.258 e. The van der Waals surface area contributed by atoms with Crippen LogP contribution in [0.5, 0.6) is 5.75 Å². The Labute approximate surface area is 189 Å². The zero-order valence-corrected chi connectivity index (χ0v) is 17.9. The molecule has 0 radical (unpaired) electrons. The minimum atomic E-state index is -0.484. The molecule has 8 nitrogen and oxygen atoms in total. The summed E-state index contributed by atoms with van der Waals surface area (Å²) in [4.78, 5) is 23.3. The summed E-state index contributed by atoms with van der Waals surface area (Å²) in [5.41, 5.74) is 7.59. The molecule has 10 heteroatoms. The van der Waals surface area contributed by atoms with Crippen molar-refractivity contribution < 1.29 is 19.0 Å². The van der Waals surface area contributed by atoms with E-state index in [1.54, 1.807) is 4.90 Å². The van der Waals surface area contributed by atoms with Crippen LogP contribution in [0.3, 0.4) is 0 Å². The Morgan fingerprint density at radius 1 is 1.25 bits per heavy atom. The number of ether oxygens (including phenoxy) is 1. The molecule has 4 unspecified atom stereocenters. The van der Waals surface area contributed by atoms with Gasteiger partial charge in [-0.3, -0.25) is 4.79 Å². The molecule has 2 fully saturated rings. The fourth-order valence-corrected chi connectivity index (χ4v) is 4.81. The fourth-order valence-electron chi connectivity index (χ4n) is 4.72. The molecule has 4 atom stereocenters. The van der Waals surface area contributed by atoms with Crippen LogP contribution in [0.2, 0.25) is 5.02 Å². The summed E-state index contributed by atoms with van der Waals surface area (Å²) in [5, 5.41) is 13.9. The van der Waals surface area contributed by atoms with Crippen LogP contribution in [0, 0.1) is 5.82 Å². The number of carbonyl (C=O) groups excluding carboxylic acids is 1. The maximum Gasteiger partial charge on any atom is 0.258 e. The van der Waals surface area contributed by atoms with Crippen molar-refractivity contribution in [2.24, 2.45) is 5.73 Å². The average Bonchev–Trinajstić information content (AvgIpc) is 3.27. The van der Waals surface area contributed by atoms with Crippen LogP contribution in [-0.4, -0.2) is 63.3 Å². The summed E-state index contributed by atoms with van der Waals surface area (Å²) < 4.78 is 20.1. The molecule has 4 N–H and O–H groups in total. The second kappa shape index (κ2) is 8.31. The van der Waals surface area contributed by atoms with Gasteiger partial charge >= 0.3 is 0 Å². The van der Waals surface area contributed by atoms with Gasteiger partial charge in [0.2, 0.25) is 0 Å². The van der Waals surface area contributed by atoms with E-state index in [2.05, 4.69) is 15.3 Å². The minimum absolute atomic E-state index is 0.0454. The van der Waals surface area contributed by atoms with Crippen molar-refractivity contribution in [3.05, 3.63) is 58.5 Å². The van der Waals surface area contributed by atoms with Gasteiger partial charge < -0.3 is 25.8 Å². The third kappa shape index (κ3) is 4.03. The van der Waals surface area contributed by atoms with E-state index in [0.717, 1.165) is 0 Å².